The Morgan fingerprint density at radius 1 is 1.33 bits per heavy atom. The van der Waals surface area contributed by atoms with E-state index in [1.807, 2.05) is 23.1 Å². The van der Waals surface area contributed by atoms with Crippen molar-refractivity contribution in [2.75, 3.05) is 6.54 Å². The lowest BCUT2D eigenvalue weighted by Gasteiger charge is -2.35. The van der Waals surface area contributed by atoms with Gasteiger partial charge in [0.25, 0.3) is 11.5 Å². The standard InChI is InChI=1S/C18H20N4O2/c1-2-12-7-5-6-10-21(12)18(24)14-11-19-22-15-9-4-3-8-13(15)17(23)20-16(14)22/h3-4,8-9,11-12H,2,5-7,10H2,1H3,(H,20,23). The molecule has 1 aromatic carbocycles. The fraction of sp³-hybridized carbons (Fsp3) is 0.389. The Kier molecular flexibility index (Phi) is 3.59. The number of hydrogen-bond acceptors (Lipinski definition) is 3. The zero-order chi connectivity index (χ0) is 16.7. The number of carbonyl (C=O) groups is 1. The molecule has 6 nitrogen and oxygen atoms in total. The van der Waals surface area contributed by atoms with Gasteiger partial charge < -0.3 is 9.88 Å². The maximum Gasteiger partial charge on any atom is 0.259 e. The summed E-state index contributed by atoms with van der Waals surface area (Å²) in [6.07, 6.45) is 5.76. The van der Waals surface area contributed by atoms with E-state index >= 15 is 0 Å². The minimum absolute atomic E-state index is 0.0394. The topological polar surface area (TPSA) is 70.5 Å². The van der Waals surface area contributed by atoms with Crippen LogP contribution in [0, 0.1) is 0 Å². The van der Waals surface area contributed by atoms with Crippen LogP contribution in [0.25, 0.3) is 16.6 Å². The number of H-pyrrole nitrogens is 1. The van der Waals surface area contributed by atoms with Crippen LogP contribution in [-0.2, 0) is 0 Å². The van der Waals surface area contributed by atoms with E-state index in [4.69, 9.17) is 0 Å². The highest BCUT2D eigenvalue weighted by molar-refractivity contribution is 6.00. The second-order valence-corrected chi connectivity index (χ2v) is 6.35. The third-order valence-corrected chi connectivity index (χ3v) is 4.97. The van der Waals surface area contributed by atoms with Gasteiger partial charge in [-0.25, -0.2) is 4.52 Å². The van der Waals surface area contributed by atoms with Crippen molar-refractivity contribution < 1.29 is 4.79 Å². The number of amides is 1. The molecule has 1 aliphatic rings. The molecule has 0 aliphatic carbocycles. The average Bonchev–Trinajstić information content (AvgIpc) is 3.05. The molecule has 3 heterocycles. The van der Waals surface area contributed by atoms with Crippen LogP contribution in [0.3, 0.4) is 0 Å². The van der Waals surface area contributed by atoms with Crippen LogP contribution >= 0.6 is 0 Å². The van der Waals surface area contributed by atoms with Gasteiger partial charge in [0, 0.05) is 12.6 Å². The summed E-state index contributed by atoms with van der Waals surface area (Å²) < 4.78 is 1.65. The highest BCUT2D eigenvalue weighted by Crippen LogP contribution is 2.23. The van der Waals surface area contributed by atoms with E-state index < -0.39 is 0 Å². The monoisotopic (exact) mass is 324 g/mol. The minimum Gasteiger partial charge on any atom is -0.336 e. The van der Waals surface area contributed by atoms with E-state index in [9.17, 15) is 9.59 Å². The van der Waals surface area contributed by atoms with E-state index in [0.29, 0.717) is 22.1 Å². The molecule has 1 unspecified atom stereocenters. The van der Waals surface area contributed by atoms with Gasteiger partial charge in [-0.05, 0) is 37.8 Å². The number of likely N-dealkylation sites (tertiary alicyclic amines) is 1. The van der Waals surface area contributed by atoms with Gasteiger partial charge >= 0.3 is 0 Å². The largest absolute Gasteiger partial charge is 0.336 e. The molecule has 0 spiro atoms. The van der Waals surface area contributed by atoms with Crippen molar-refractivity contribution in [1.29, 1.82) is 0 Å². The van der Waals surface area contributed by atoms with Crippen LogP contribution in [0.5, 0.6) is 0 Å². The number of carbonyl (C=O) groups excluding carboxylic acids is 1. The normalized spacial score (nSPS) is 18.4. The number of nitrogens with zero attached hydrogens (tertiary/aromatic N) is 3. The Morgan fingerprint density at radius 2 is 2.17 bits per heavy atom. The number of aromatic amines is 1. The molecule has 1 fully saturated rings. The second kappa shape index (κ2) is 5.78. The summed E-state index contributed by atoms with van der Waals surface area (Å²) >= 11 is 0. The van der Waals surface area contributed by atoms with E-state index in [0.717, 1.165) is 25.8 Å². The van der Waals surface area contributed by atoms with Crippen LogP contribution in [-0.4, -0.2) is 38.0 Å². The molecule has 24 heavy (non-hydrogen) atoms. The van der Waals surface area contributed by atoms with Crippen LogP contribution in [0.1, 0.15) is 43.0 Å². The van der Waals surface area contributed by atoms with E-state index in [1.54, 1.807) is 16.8 Å². The van der Waals surface area contributed by atoms with E-state index in [1.165, 1.54) is 6.42 Å². The summed E-state index contributed by atoms with van der Waals surface area (Å²) in [4.78, 5) is 30.2. The van der Waals surface area contributed by atoms with Crippen molar-refractivity contribution in [2.24, 2.45) is 0 Å². The van der Waals surface area contributed by atoms with Crippen LogP contribution in [0.4, 0.5) is 0 Å². The van der Waals surface area contributed by atoms with Gasteiger partial charge in [-0.3, -0.25) is 9.59 Å². The lowest BCUT2D eigenvalue weighted by molar-refractivity contribution is 0.0610. The molecule has 0 bridgehead atoms. The van der Waals surface area contributed by atoms with Gasteiger partial charge in [0.1, 0.15) is 11.2 Å². The van der Waals surface area contributed by atoms with Crippen molar-refractivity contribution in [1.82, 2.24) is 19.5 Å². The smallest absolute Gasteiger partial charge is 0.259 e. The van der Waals surface area contributed by atoms with Crippen molar-refractivity contribution in [2.45, 2.75) is 38.6 Å². The first-order chi connectivity index (χ1) is 11.7. The first kappa shape index (κ1) is 14.9. The molecular weight excluding hydrogens is 304 g/mol. The molecule has 0 radical (unpaired) electrons. The summed E-state index contributed by atoms with van der Waals surface area (Å²) in [5.41, 5.74) is 1.46. The predicted molar refractivity (Wildman–Crippen MR) is 92.3 cm³/mol. The highest BCUT2D eigenvalue weighted by Gasteiger charge is 2.28. The molecule has 1 saturated heterocycles. The summed E-state index contributed by atoms with van der Waals surface area (Å²) in [6.45, 7) is 2.88. The zero-order valence-corrected chi connectivity index (χ0v) is 13.7. The van der Waals surface area contributed by atoms with Gasteiger partial charge in [-0.1, -0.05) is 19.1 Å². The Labute approximate surface area is 139 Å². The lowest BCUT2D eigenvalue weighted by atomic mass is 9.99. The number of fused-ring (bicyclic) bond motifs is 3. The second-order valence-electron chi connectivity index (χ2n) is 6.35. The van der Waals surface area contributed by atoms with Gasteiger partial charge in [0.05, 0.1) is 17.1 Å². The van der Waals surface area contributed by atoms with Crippen LogP contribution in [0.15, 0.2) is 35.3 Å². The minimum atomic E-state index is -0.196. The Bertz CT molecular complexity index is 972. The molecule has 3 aromatic rings. The van der Waals surface area contributed by atoms with Crippen LogP contribution < -0.4 is 5.56 Å². The molecule has 1 atom stereocenters. The van der Waals surface area contributed by atoms with Crippen molar-refractivity contribution in [3.8, 4) is 0 Å². The summed E-state index contributed by atoms with van der Waals surface area (Å²) in [5.74, 6) is -0.0394. The summed E-state index contributed by atoms with van der Waals surface area (Å²) in [7, 11) is 0. The maximum absolute atomic E-state index is 13.0. The van der Waals surface area contributed by atoms with Crippen molar-refractivity contribution in [3.05, 3.63) is 46.4 Å². The van der Waals surface area contributed by atoms with Crippen molar-refractivity contribution >= 4 is 22.5 Å². The van der Waals surface area contributed by atoms with E-state index in [2.05, 4.69) is 17.0 Å². The Balaban J connectivity index is 1.85. The molecule has 0 saturated carbocycles. The highest BCUT2D eigenvalue weighted by atomic mass is 16.2. The average molecular weight is 324 g/mol. The predicted octanol–water partition coefficient (Wildman–Crippen LogP) is 2.58. The van der Waals surface area contributed by atoms with Crippen molar-refractivity contribution in [3.63, 3.8) is 0 Å². The number of piperidine rings is 1. The quantitative estimate of drug-likeness (QED) is 0.787. The zero-order valence-electron chi connectivity index (χ0n) is 13.7. The molecule has 4 rings (SSSR count). The van der Waals surface area contributed by atoms with Crippen LogP contribution in [0.2, 0.25) is 0 Å². The van der Waals surface area contributed by atoms with E-state index in [-0.39, 0.29) is 17.5 Å². The first-order valence-corrected chi connectivity index (χ1v) is 8.50. The molecule has 6 heteroatoms. The number of nitrogens with one attached hydrogen (secondary N) is 1. The number of rotatable bonds is 2. The van der Waals surface area contributed by atoms with Gasteiger partial charge in [-0.2, -0.15) is 5.10 Å². The molecule has 124 valence electrons. The van der Waals surface area contributed by atoms with Gasteiger partial charge in [0.2, 0.25) is 0 Å². The SMILES string of the molecule is CCC1CCCCN1C(=O)c1cnn2c1[nH]c(=O)c1ccccc12. The Morgan fingerprint density at radius 3 is 3.00 bits per heavy atom. The fourth-order valence-corrected chi connectivity index (χ4v) is 3.68. The lowest BCUT2D eigenvalue weighted by Crippen LogP contribution is -2.43. The molecule has 2 aromatic heterocycles. The third-order valence-electron chi connectivity index (χ3n) is 4.97. The number of aromatic nitrogens is 3. The Hall–Kier alpha value is -2.63. The summed E-state index contributed by atoms with van der Waals surface area (Å²) in [6, 6.07) is 7.55. The fourth-order valence-electron chi connectivity index (χ4n) is 3.68. The van der Waals surface area contributed by atoms with Gasteiger partial charge in [0.15, 0.2) is 0 Å². The first-order valence-electron chi connectivity index (χ1n) is 8.50. The number of benzene rings is 1. The number of hydrogen-bond donors (Lipinski definition) is 1. The number of para-hydroxylation sites is 1. The molecular formula is C18H20N4O2. The third kappa shape index (κ3) is 2.21. The molecule has 1 amide bonds. The molecule has 1 aliphatic heterocycles. The summed E-state index contributed by atoms with van der Waals surface area (Å²) in [5, 5.41) is 4.92. The molecule has 1 N–H and O–H groups in total. The maximum atomic E-state index is 13.0. The van der Waals surface area contributed by atoms with Gasteiger partial charge in [-0.15, -0.1) is 0 Å².